The normalized spacial score (nSPS) is 23.2. The summed E-state index contributed by atoms with van der Waals surface area (Å²) in [6.07, 6.45) is 10.7. The van der Waals surface area contributed by atoms with Crippen LogP contribution in [0.5, 0.6) is 11.9 Å². The highest BCUT2D eigenvalue weighted by molar-refractivity contribution is 6.36. The van der Waals surface area contributed by atoms with Gasteiger partial charge in [0.15, 0.2) is 0 Å². The van der Waals surface area contributed by atoms with Crippen molar-refractivity contribution in [2.45, 2.75) is 77.4 Å². The lowest BCUT2D eigenvalue weighted by molar-refractivity contribution is -0.120. The average Bonchev–Trinajstić information content (AvgIpc) is 3.46. The highest BCUT2D eigenvalue weighted by Gasteiger charge is 2.28. The van der Waals surface area contributed by atoms with E-state index in [2.05, 4.69) is 9.97 Å². The molecule has 29 heavy (non-hydrogen) atoms. The molecule has 0 aliphatic heterocycles. The second-order valence-corrected chi connectivity index (χ2v) is 9.11. The van der Waals surface area contributed by atoms with Crippen LogP contribution in [0.1, 0.15) is 65.2 Å². The Hall–Kier alpha value is -1.82. The maximum Gasteiger partial charge on any atom is 0.297 e. The minimum Gasteiger partial charge on any atom is -0.473 e. The highest BCUT2D eigenvalue weighted by Crippen LogP contribution is 2.37. The molecule has 0 spiro atoms. The van der Waals surface area contributed by atoms with Crippen LogP contribution in [0.25, 0.3) is 11.0 Å². The number of halogens is 1. The van der Waals surface area contributed by atoms with E-state index in [4.69, 9.17) is 21.1 Å². The van der Waals surface area contributed by atoms with Gasteiger partial charge < -0.3 is 9.47 Å². The fraction of sp³-hybridized carbons (Fsp3) is 0.682. The van der Waals surface area contributed by atoms with Crippen molar-refractivity contribution in [2.24, 2.45) is 18.9 Å². The number of Topliss-reactive ketones (excluding diaryl/α,β-unsaturated/α-hetero) is 1. The van der Waals surface area contributed by atoms with Gasteiger partial charge in [0.25, 0.3) is 6.01 Å². The highest BCUT2D eigenvalue weighted by atomic mass is 35.5. The lowest BCUT2D eigenvalue weighted by Gasteiger charge is -2.29. The summed E-state index contributed by atoms with van der Waals surface area (Å²) in [6.45, 7) is 3.72. The molecular weight excluding hydrogens is 390 g/mol. The summed E-state index contributed by atoms with van der Waals surface area (Å²) in [4.78, 5) is 20.4. The molecule has 2 saturated carbocycles. The lowest BCUT2D eigenvalue weighted by Crippen LogP contribution is -2.25. The molecule has 2 aromatic heterocycles. The molecule has 0 amide bonds. The predicted octanol–water partition coefficient (Wildman–Crippen LogP) is 5.11. The number of aromatic nitrogens is 3. The summed E-state index contributed by atoms with van der Waals surface area (Å²) >= 11 is 6.55. The summed E-state index contributed by atoms with van der Waals surface area (Å²) in [5.41, 5.74) is 1.53. The molecule has 2 aromatic rings. The van der Waals surface area contributed by atoms with Crippen molar-refractivity contribution < 1.29 is 14.3 Å². The number of hydrogen-bond acceptors (Lipinski definition) is 5. The van der Waals surface area contributed by atoms with Crippen molar-refractivity contribution in [1.29, 1.82) is 0 Å². The number of imidazole rings is 1. The van der Waals surface area contributed by atoms with Crippen LogP contribution in [0.4, 0.5) is 0 Å². The standard InChI is InChI=1S/C22H30ClN3O3/c1-13(14(2)27)4-5-15-6-8-17(9-7-15)29-22-25-18-12-24-21(28-16-10-11-16)19(23)20(18)26(22)3/h12-13,15-17H,4-11H2,1-3H3. The average molecular weight is 420 g/mol. The Morgan fingerprint density at radius 1 is 1.21 bits per heavy atom. The van der Waals surface area contributed by atoms with Crippen LogP contribution in [0.15, 0.2) is 6.20 Å². The smallest absolute Gasteiger partial charge is 0.297 e. The van der Waals surface area contributed by atoms with E-state index in [1.54, 1.807) is 13.1 Å². The van der Waals surface area contributed by atoms with Crippen molar-refractivity contribution >= 4 is 28.4 Å². The molecule has 0 saturated heterocycles. The minimum atomic E-state index is 0.168. The number of carbonyl (C=O) groups excluding carboxylic acids is 1. The Morgan fingerprint density at radius 3 is 2.52 bits per heavy atom. The zero-order valence-corrected chi connectivity index (χ0v) is 18.2. The third kappa shape index (κ3) is 4.68. The zero-order chi connectivity index (χ0) is 20.5. The summed E-state index contributed by atoms with van der Waals surface area (Å²) in [7, 11) is 1.92. The molecule has 0 aromatic carbocycles. The first-order chi connectivity index (χ1) is 13.9. The number of hydrogen-bond donors (Lipinski definition) is 0. The van der Waals surface area contributed by atoms with Gasteiger partial charge in [-0.1, -0.05) is 18.5 Å². The van der Waals surface area contributed by atoms with E-state index in [1.165, 1.54) is 0 Å². The number of fused-ring (bicyclic) bond motifs is 1. The number of ketones is 1. The molecule has 0 radical (unpaired) electrons. The molecule has 2 aliphatic carbocycles. The quantitative estimate of drug-likeness (QED) is 0.595. The van der Waals surface area contributed by atoms with Gasteiger partial charge >= 0.3 is 0 Å². The largest absolute Gasteiger partial charge is 0.473 e. The molecule has 6 nitrogen and oxygen atoms in total. The van der Waals surface area contributed by atoms with E-state index >= 15 is 0 Å². The number of nitrogens with zero attached hydrogens (tertiary/aromatic N) is 3. The van der Waals surface area contributed by atoms with Gasteiger partial charge in [-0.3, -0.25) is 9.36 Å². The van der Waals surface area contributed by atoms with Gasteiger partial charge in [-0.2, -0.15) is 4.98 Å². The zero-order valence-electron chi connectivity index (χ0n) is 17.5. The molecule has 2 aliphatic rings. The van der Waals surface area contributed by atoms with Crippen LogP contribution >= 0.6 is 11.6 Å². The van der Waals surface area contributed by atoms with Gasteiger partial charge in [-0.25, -0.2) is 4.98 Å². The van der Waals surface area contributed by atoms with Crippen molar-refractivity contribution in [3.05, 3.63) is 11.2 Å². The van der Waals surface area contributed by atoms with E-state index in [-0.39, 0.29) is 18.1 Å². The van der Waals surface area contributed by atoms with Gasteiger partial charge in [0.2, 0.25) is 5.88 Å². The molecule has 4 rings (SSSR count). The van der Waals surface area contributed by atoms with Crippen LogP contribution in [-0.2, 0) is 11.8 Å². The van der Waals surface area contributed by atoms with Crippen molar-refractivity contribution in [1.82, 2.24) is 14.5 Å². The number of pyridine rings is 1. The van der Waals surface area contributed by atoms with Gasteiger partial charge in [0, 0.05) is 13.0 Å². The molecular formula is C22H30ClN3O3. The fourth-order valence-corrected chi connectivity index (χ4v) is 4.35. The van der Waals surface area contributed by atoms with E-state index in [0.717, 1.165) is 62.4 Å². The predicted molar refractivity (Wildman–Crippen MR) is 113 cm³/mol. The summed E-state index contributed by atoms with van der Waals surface area (Å²) in [6, 6.07) is 0.584. The van der Waals surface area contributed by atoms with Crippen LogP contribution in [0.3, 0.4) is 0 Å². The summed E-state index contributed by atoms with van der Waals surface area (Å²) in [5, 5.41) is 0.502. The molecule has 0 N–H and O–H groups in total. The molecule has 0 bridgehead atoms. The summed E-state index contributed by atoms with van der Waals surface area (Å²) in [5.74, 6) is 1.65. The lowest BCUT2D eigenvalue weighted by atomic mass is 9.82. The van der Waals surface area contributed by atoms with Gasteiger partial charge in [-0.05, 0) is 64.2 Å². The van der Waals surface area contributed by atoms with Crippen molar-refractivity contribution in [2.75, 3.05) is 0 Å². The molecule has 2 fully saturated rings. The van der Waals surface area contributed by atoms with E-state index < -0.39 is 0 Å². The SMILES string of the molecule is CC(=O)C(C)CCC1CCC(Oc2nc3cnc(OC4CC4)c(Cl)c3n2C)CC1. The van der Waals surface area contributed by atoms with E-state index in [1.807, 2.05) is 18.5 Å². The second-order valence-electron chi connectivity index (χ2n) is 8.73. The topological polar surface area (TPSA) is 66.2 Å². The summed E-state index contributed by atoms with van der Waals surface area (Å²) < 4.78 is 13.9. The number of aryl methyl sites for hydroxylation is 1. The number of rotatable bonds is 8. The molecule has 2 heterocycles. The van der Waals surface area contributed by atoms with Gasteiger partial charge in [0.05, 0.1) is 11.7 Å². The second kappa shape index (κ2) is 8.50. The Balaban J connectivity index is 1.37. The Kier molecular flexibility index (Phi) is 6.00. The van der Waals surface area contributed by atoms with E-state index in [9.17, 15) is 4.79 Å². The first-order valence-electron chi connectivity index (χ1n) is 10.8. The van der Waals surface area contributed by atoms with E-state index in [0.29, 0.717) is 28.6 Å². The molecule has 1 unspecified atom stereocenters. The van der Waals surface area contributed by atoms with Crippen molar-refractivity contribution in [3.8, 4) is 11.9 Å². The fourth-order valence-electron chi connectivity index (χ4n) is 4.03. The van der Waals surface area contributed by atoms with Gasteiger partial charge in [-0.15, -0.1) is 0 Å². The Bertz CT molecular complexity index is 885. The maximum absolute atomic E-state index is 11.4. The number of ether oxygens (including phenoxy) is 2. The van der Waals surface area contributed by atoms with Crippen LogP contribution < -0.4 is 9.47 Å². The first-order valence-corrected chi connectivity index (χ1v) is 11.1. The monoisotopic (exact) mass is 419 g/mol. The minimum absolute atomic E-state index is 0.168. The first kappa shape index (κ1) is 20.5. The van der Waals surface area contributed by atoms with Crippen LogP contribution in [0.2, 0.25) is 5.02 Å². The molecule has 7 heteroatoms. The third-order valence-corrected chi connectivity index (χ3v) is 6.69. The molecule has 158 valence electrons. The Morgan fingerprint density at radius 2 is 1.86 bits per heavy atom. The molecule has 1 atom stereocenters. The maximum atomic E-state index is 11.4. The Labute approximate surface area is 176 Å². The van der Waals surface area contributed by atoms with Crippen LogP contribution in [0, 0.1) is 11.8 Å². The third-order valence-electron chi connectivity index (χ3n) is 6.35. The van der Waals surface area contributed by atoms with Crippen molar-refractivity contribution in [3.63, 3.8) is 0 Å². The number of carbonyl (C=O) groups is 1. The van der Waals surface area contributed by atoms with Gasteiger partial charge in [0.1, 0.15) is 28.5 Å². The van der Waals surface area contributed by atoms with Crippen LogP contribution in [-0.4, -0.2) is 32.5 Å².